The molecule has 5 rings (SSSR count). The summed E-state index contributed by atoms with van der Waals surface area (Å²) in [5, 5.41) is 18.6. The van der Waals surface area contributed by atoms with Gasteiger partial charge in [-0.1, -0.05) is 36.4 Å². The third kappa shape index (κ3) is 5.67. The molecular formula is C27H26BrN5O3S2. The van der Waals surface area contributed by atoms with Gasteiger partial charge in [0, 0.05) is 33.2 Å². The Balaban J connectivity index is 1.56. The van der Waals surface area contributed by atoms with Crippen LogP contribution in [0, 0.1) is 0 Å². The molecule has 0 spiro atoms. The number of aromatic nitrogens is 3. The lowest BCUT2D eigenvalue weighted by Gasteiger charge is -2.18. The Labute approximate surface area is 232 Å². The fourth-order valence-electron chi connectivity index (χ4n) is 4.16. The maximum atomic E-state index is 11.6. The second-order valence-electron chi connectivity index (χ2n) is 9.50. The number of thiazole rings is 1. The maximum Gasteiger partial charge on any atom is 0.238 e. The molecule has 0 atom stereocenters. The first-order chi connectivity index (χ1) is 18.0. The van der Waals surface area contributed by atoms with Gasteiger partial charge in [-0.05, 0) is 64.7 Å². The van der Waals surface area contributed by atoms with Crippen molar-refractivity contribution in [3.05, 3.63) is 98.3 Å². The first kappa shape index (κ1) is 26.5. The highest BCUT2D eigenvalue weighted by Crippen LogP contribution is 2.30. The van der Waals surface area contributed by atoms with Crippen molar-refractivity contribution >= 4 is 48.3 Å². The summed E-state index contributed by atoms with van der Waals surface area (Å²) in [6, 6.07) is 16.4. The van der Waals surface area contributed by atoms with Crippen LogP contribution in [0.5, 0.6) is 0 Å². The SMILES string of the molecule is CC(C)(O)c1ccc(Cn2c(-c3c[nH]c4ncc(Br)cc34)csc2=NCc2ccc(S(N)(=O)=O)cc2)cc1. The monoisotopic (exact) mass is 611 g/mol. The van der Waals surface area contributed by atoms with Gasteiger partial charge in [-0.25, -0.2) is 18.5 Å². The molecule has 0 aliphatic heterocycles. The number of nitrogens with two attached hydrogens (primary N) is 1. The fraction of sp³-hybridized carbons (Fsp3) is 0.185. The predicted molar refractivity (Wildman–Crippen MR) is 153 cm³/mol. The van der Waals surface area contributed by atoms with Crippen molar-refractivity contribution in [3.63, 3.8) is 0 Å². The van der Waals surface area contributed by atoms with Gasteiger partial charge in [0.05, 0.1) is 29.3 Å². The van der Waals surface area contributed by atoms with Crippen LogP contribution in [0.25, 0.3) is 22.3 Å². The lowest BCUT2D eigenvalue weighted by molar-refractivity contribution is 0.0786. The minimum Gasteiger partial charge on any atom is -0.386 e. The van der Waals surface area contributed by atoms with Crippen LogP contribution in [0.1, 0.15) is 30.5 Å². The molecule has 11 heteroatoms. The number of aliphatic hydroxyl groups is 1. The summed E-state index contributed by atoms with van der Waals surface area (Å²) in [4.78, 5) is 13.5. The number of benzene rings is 2. The first-order valence-electron chi connectivity index (χ1n) is 11.7. The minimum absolute atomic E-state index is 0.0725. The van der Waals surface area contributed by atoms with E-state index < -0.39 is 15.6 Å². The van der Waals surface area contributed by atoms with Crippen molar-refractivity contribution in [2.75, 3.05) is 0 Å². The topological polar surface area (TPSA) is 126 Å². The van der Waals surface area contributed by atoms with E-state index in [4.69, 9.17) is 10.1 Å². The lowest BCUT2D eigenvalue weighted by atomic mass is 9.97. The van der Waals surface area contributed by atoms with E-state index >= 15 is 0 Å². The highest BCUT2D eigenvalue weighted by molar-refractivity contribution is 9.10. The molecule has 3 heterocycles. The van der Waals surface area contributed by atoms with Crippen molar-refractivity contribution in [3.8, 4) is 11.3 Å². The van der Waals surface area contributed by atoms with Crippen LogP contribution in [-0.2, 0) is 28.7 Å². The fourth-order valence-corrected chi connectivity index (χ4v) is 5.90. The molecule has 38 heavy (non-hydrogen) atoms. The Bertz CT molecular complexity index is 1780. The van der Waals surface area contributed by atoms with E-state index in [9.17, 15) is 13.5 Å². The van der Waals surface area contributed by atoms with Crippen LogP contribution in [0.4, 0.5) is 0 Å². The van der Waals surface area contributed by atoms with Crippen molar-refractivity contribution in [1.82, 2.24) is 14.5 Å². The van der Waals surface area contributed by atoms with E-state index in [0.717, 1.165) is 48.3 Å². The molecular weight excluding hydrogens is 586 g/mol. The smallest absolute Gasteiger partial charge is 0.238 e. The Kier molecular flexibility index (Phi) is 7.14. The summed E-state index contributed by atoms with van der Waals surface area (Å²) in [7, 11) is -3.74. The van der Waals surface area contributed by atoms with E-state index in [1.54, 1.807) is 32.2 Å². The molecule has 8 nitrogen and oxygen atoms in total. The van der Waals surface area contributed by atoms with E-state index in [0.29, 0.717) is 13.1 Å². The molecule has 5 aromatic rings. The number of sulfonamides is 1. The summed E-state index contributed by atoms with van der Waals surface area (Å²) in [6.45, 7) is 4.48. The molecule has 0 fully saturated rings. The van der Waals surface area contributed by atoms with Crippen LogP contribution < -0.4 is 9.94 Å². The van der Waals surface area contributed by atoms with Crippen LogP contribution >= 0.6 is 27.3 Å². The third-order valence-electron chi connectivity index (χ3n) is 6.22. The second kappa shape index (κ2) is 10.2. The molecule has 0 bridgehead atoms. The third-order valence-corrected chi connectivity index (χ3v) is 8.49. The van der Waals surface area contributed by atoms with Crippen molar-refractivity contribution in [1.29, 1.82) is 0 Å². The molecule has 0 aliphatic carbocycles. The van der Waals surface area contributed by atoms with Crippen molar-refractivity contribution < 1.29 is 13.5 Å². The molecule has 4 N–H and O–H groups in total. The van der Waals surface area contributed by atoms with E-state index in [1.807, 2.05) is 36.5 Å². The minimum atomic E-state index is -3.74. The summed E-state index contributed by atoms with van der Waals surface area (Å²) in [5.41, 5.74) is 4.67. The number of rotatable bonds is 7. The average molecular weight is 613 g/mol. The summed E-state index contributed by atoms with van der Waals surface area (Å²) in [5.74, 6) is 0. The number of primary sulfonamides is 1. The number of fused-ring (bicyclic) bond motifs is 1. The molecule has 0 saturated carbocycles. The van der Waals surface area contributed by atoms with Crippen LogP contribution in [0.2, 0.25) is 0 Å². The molecule has 196 valence electrons. The van der Waals surface area contributed by atoms with Gasteiger partial charge in [0.2, 0.25) is 10.0 Å². The average Bonchev–Trinajstić information content (AvgIpc) is 3.45. The number of hydrogen-bond donors (Lipinski definition) is 3. The lowest BCUT2D eigenvalue weighted by Crippen LogP contribution is -2.18. The summed E-state index contributed by atoms with van der Waals surface area (Å²) < 4.78 is 26.2. The Hall–Kier alpha value is -3.09. The van der Waals surface area contributed by atoms with E-state index in [2.05, 4.69) is 35.8 Å². The Morgan fingerprint density at radius 3 is 2.47 bits per heavy atom. The number of nitrogens with zero attached hydrogens (tertiary/aromatic N) is 3. The quantitative estimate of drug-likeness (QED) is 0.242. The summed E-state index contributed by atoms with van der Waals surface area (Å²) in [6.07, 6.45) is 3.71. The molecule has 0 saturated heterocycles. The van der Waals surface area contributed by atoms with Gasteiger partial charge >= 0.3 is 0 Å². The highest BCUT2D eigenvalue weighted by Gasteiger charge is 2.17. The normalized spacial score (nSPS) is 12.9. The summed E-state index contributed by atoms with van der Waals surface area (Å²) >= 11 is 5.06. The van der Waals surface area contributed by atoms with Crippen molar-refractivity contribution in [2.24, 2.45) is 10.1 Å². The van der Waals surface area contributed by atoms with Crippen LogP contribution in [0.15, 0.2) is 86.7 Å². The number of halogens is 1. The van der Waals surface area contributed by atoms with Crippen LogP contribution in [0.3, 0.4) is 0 Å². The zero-order chi connectivity index (χ0) is 27.1. The van der Waals surface area contributed by atoms with Gasteiger partial charge in [0.25, 0.3) is 0 Å². The number of aromatic amines is 1. The van der Waals surface area contributed by atoms with E-state index in [-0.39, 0.29) is 4.90 Å². The van der Waals surface area contributed by atoms with Gasteiger partial charge in [0.1, 0.15) is 5.65 Å². The highest BCUT2D eigenvalue weighted by atomic mass is 79.9. The molecule has 0 unspecified atom stereocenters. The number of nitrogens with one attached hydrogen (secondary N) is 1. The number of hydrogen-bond acceptors (Lipinski definition) is 6. The molecule has 0 aliphatic rings. The molecule has 3 aromatic heterocycles. The van der Waals surface area contributed by atoms with Gasteiger partial charge < -0.3 is 14.7 Å². The van der Waals surface area contributed by atoms with Gasteiger partial charge in [-0.2, -0.15) is 0 Å². The van der Waals surface area contributed by atoms with E-state index in [1.165, 1.54) is 23.5 Å². The van der Waals surface area contributed by atoms with Gasteiger partial charge in [-0.15, -0.1) is 11.3 Å². The largest absolute Gasteiger partial charge is 0.386 e. The zero-order valence-electron chi connectivity index (χ0n) is 20.7. The molecule has 0 amide bonds. The number of H-pyrrole nitrogens is 1. The molecule has 2 aromatic carbocycles. The number of pyridine rings is 1. The zero-order valence-corrected chi connectivity index (χ0v) is 23.9. The predicted octanol–water partition coefficient (Wildman–Crippen LogP) is 4.88. The Morgan fingerprint density at radius 1 is 1.13 bits per heavy atom. The standard InChI is InChI=1S/C27H26BrN5O3S2/c1-27(2,34)19-7-3-18(4-8-19)15-33-24(23-14-31-25-22(23)11-20(28)13-30-25)16-37-26(33)32-12-17-5-9-21(10-6-17)38(29,35)36/h3-11,13-14,16,34H,12,15H2,1-2H3,(H,30,31)(H2,29,35,36). The van der Waals surface area contributed by atoms with Gasteiger partial charge in [0.15, 0.2) is 4.80 Å². The maximum absolute atomic E-state index is 11.6. The first-order valence-corrected chi connectivity index (χ1v) is 15.0. The van der Waals surface area contributed by atoms with Gasteiger partial charge in [-0.3, -0.25) is 4.99 Å². The van der Waals surface area contributed by atoms with Crippen molar-refractivity contribution in [2.45, 2.75) is 37.4 Å². The Morgan fingerprint density at radius 2 is 1.82 bits per heavy atom. The van der Waals surface area contributed by atoms with Crippen LogP contribution in [-0.4, -0.2) is 28.1 Å². The second-order valence-corrected chi connectivity index (χ2v) is 12.8. The molecule has 0 radical (unpaired) electrons.